The van der Waals surface area contributed by atoms with Crippen molar-refractivity contribution in [3.05, 3.63) is 170 Å². The highest BCUT2D eigenvalue weighted by Crippen LogP contribution is 2.46. The van der Waals surface area contributed by atoms with Crippen molar-refractivity contribution in [3.8, 4) is 33.4 Å². The van der Waals surface area contributed by atoms with Crippen molar-refractivity contribution in [2.75, 3.05) is 0 Å². The van der Waals surface area contributed by atoms with E-state index < -0.39 is 30.2 Å². The largest absolute Gasteiger partial charge is 0.455 e. The van der Waals surface area contributed by atoms with Gasteiger partial charge in [-0.2, -0.15) is 0 Å². The van der Waals surface area contributed by atoms with Gasteiger partial charge in [0.05, 0.1) is 12.3 Å². The fourth-order valence-electron chi connectivity index (χ4n) is 7.16. The second-order valence-electron chi connectivity index (χ2n) is 11.7. The minimum absolute atomic E-state index is 0.0598. The molecule has 0 spiro atoms. The van der Waals surface area contributed by atoms with Crippen LogP contribution in [0.3, 0.4) is 0 Å². The van der Waals surface area contributed by atoms with E-state index in [0.29, 0.717) is 5.56 Å². The van der Waals surface area contributed by atoms with Crippen molar-refractivity contribution < 1.29 is 16.8 Å². The maximum absolute atomic E-state index is 9.11. The Kier molecular flexibility index (Phi) is 4.05. The molecule has 1 heterocycles. The number of fused-ring (bicyclic) bond motifs is 8. The first kappa shape index (κ1) is 18.7. The standard InChI is InChI=1S/C46H28O/c1-3-14-33-29(11-1)13-9-21-36(33)44-39-18-7-5-16-37(39)43(38-17-6-8-19-40(38)44)32-25-23-31(24-26-32)34-20-10-22-42-45(34)41-28-27-30-12-2-4-15-35(30)46(41)47-42/h1-28H/i2D,4D,10D,12D,15D,20D,22D,27D,28D. The first-order valence-corrected chi connectivity index (χ1v) is 15.5. The predicted octanol–water partition coefficient (Wildman–Crippen LogP) is 13.2. The molecule has 0 aliphatic heterocycles. The number of rotatable bonds is 3. The summed E-state index contributed by atoms with van der Waals surface area (Å²) >= 11 is 0. The third-order valence-electron chi connectivity index (χ3n) is 9.20. The molecule has 1 nitrogen and oxygen atoms in total. The highest BCUT2D eigenvalue weighted by Gasteiger charge is 2.19. The molecule has 218 valence electrons. The Morgan fingerprint density at radius 2 is 1.02 bits per heavy atom. The maximum Gasteiger partial charge on any atom is 0.143 e. The van der Waals surface area contributed by atoms with Crippen LogP contribution in [0.25, 0.3) is 98.4 Å². The van der Waals surface area contributed by atoms with Crippen LogP contribution in [0.5, 0.6) is 0 Å². The van der Waals surface area contributed by atoms with E-state index in [2.05, 4.69) is 78.9 Å². The second kappa shape index (κ2) is 10.2. The van der Waals surface area contributed by atoms with Gasteiger partial charge in [0.2, 0.25) is 0 Å². The van der Waals surface area contributed by atoms with Crippen LogP contribution in [0.1, 0.15) is 12.3 Å². The molecule has 0 atom stereocenters. The molecule has 0 bridgehead atoms. The van der Waals surface area contributed by atoms with Gasteiger partial charge in [-0.05, 0) is 83.2 Å². The molecule has 0 N–H and O–H groups in total. The Morgan fingerprint density at radius 3 is 1.79 bits per heavy atom. The van der Waals surface area contributed by atoms with Crippen molar-refractivity contribution >= 4 is 65.0 Å². The number of hydrogen-bond acceptors (Lipinski definition) is 1. The zero-order chi connectivity index (χ0) is 38.7. The molecule has 1 heteroatoms. The summed E-state index contributed by atoms with van der Waals surface area (Å²) in [4.78, 5) is 0. The second-order valence-corrected chi connectivity index (χ2v) is 11.7. The van der Waals surface area contributed by atoms with Crippen molar-refractivity contribution in [1.29, 1.82) is 0 Å². The summed E-state index contributed by atoms with van der Waals surface area (Å²) in [7, 11) is 0. The number of benzene rings is 9. The van der Waals surface area contributed by atoms with Gasteiger partial charge in [-0.1, -0.05) is 158 Å². The van der Waals surface area contributed by atoms with Crippen LogP contribution >= 0.6 is 0 Å². The maximum atomic E-state index is 9.11. The van der Waals surface area contributed by atoms with E-state index in [0.717, 1.165) is 49.2 Å². The molecule has 0 aliphatic carbocycles. The molecule has 9 aromatic carbocycles. The molecule has 0 aliphatic rings. The van der Waals surface area contributed by atoms with Gasteiger partial charge in [-0.15, -0.1) is 0 Å². The average Bonchev–Trinajstić information content (AvgIpc) is 3.62. The quantitative estimate of drug-likeness (QED) is 0.183. The first-order valence-electron chi connectivity index (χ1n) is 20.0. The van der Waals surface area contributed by atoms with E-state index in [4.69, 9.17) is 16.8 Å². The summed E-state index contributed by atoms with van der Waals surface area (Å²) in [6, 6.07) is 35.5. The monoisotopic (exact) mass is 605 g/mol. The van der Waals surface area contributed by atoms with Crippen LogP contribution in [0.2, 0.25) is 0 Å². The molecular formula is C46H28O. The molecule has 0 saturated heterocycles. The Bertz CT molecular complexity index is 3290. The number of hydrogen-bond donors (Lipinski definition) is 0. The topological polar surface area (TPSA) is 13.1 Å². The zero-order valence-electron chi connectivity index (χ0n) is 33.9. The lowest BCUT2D eigenvalue weighted by atomic mass is 9.84. The lowest BCUT2D eigenvalue weighted by Gasteiger charge is -2.19. The van der Waals surface area contributed by atoms with E-state index in [1.54, 1.807) is 0 Å². The number of furan rings is 1. The Labute approximate surface area is 284 Å². The fourth-order valence-corrected chi connectivity index (χ4v) is 7.16. The van der Waals surface area contributed by atoms with Crippen LogP contribution in [0.4, 0.5) is 0 Å². The molecule has 0 amide bonds. The Balaban J connectivity index is 1.24. The molecule has 0 saturated carbocycles. The third kappa shape index (κ3) is 3.90. The molecule has 10 aromatic rings. The predicted molar refractivity (Wildman–Crippen MR) is 200 cm³/mol. The minimum atomic E-state index is -0.529. The lowest BCUT2D eigenvalue weighted by molar-refractivity contribution is 0.673. The molecule has 1 aromatic heterocycles. The smallest absolute Gasteiger partial charge is 0.143 e. The molecule has 47 heavy (non-hydrogen) atoms. The van der Waals surface area contributed by atoms with Crippen molar-refractivity contribution in [2.24, 2.45) is 0 Å². The zero-order valence-corrected chi connectivity index (χ0v) is 24.9. The van der Waals surface area contributed by atoms with Gasteiger partial charge in [0.25, 0.3) is 0 Å². The van der Waals surface area contributed by atoms with E-state index >= 15 is 0 Å². The summed E-state index contributed by atoms with van der Waals surface area (Å²) in [5.41, 5.74) is 4.85. The normalized spacial score (nSPS) is 14.5. The van der Waals surface area contributed by atoms with Gasteiger partial charge >= 0.3 is 0 Å². The van der Waals surface area contributed by atoms with E-state index in [9.17, 15) is 0 Å². The van der Waals surface area contributed by atoms with Crippen LogP contribution in [0.15, 0.2) is 174 Å². The first-order chi connectivity index (χ1) is 27.1. The summed E-state index contributed by atoms with van der Waals surface area (Å²) < 4.78 is 84.5. The van der Waals surface area contributed by atoms with Crippen LogP contribution in [-0.2, 0) is 0 Å². The van der Waals surface area contributed by atoms with Gasteiger partial charge in [0.15, 0.2) is 0 Å². The molecular weight excluding hydrogens is 569 g/mol. The highest BCUT2D eigenvalue weighted by atomic mass is 16.3. The molecule has 0 radical (unpaired) electrons. The average molecular weight is 606 g/mol. The summed E-state index contributed by atoms with van der Waals surface area (Å²) in [6.07, 6.45) is 0. The lowest BCUT2D eigenvalue weighted by Crippen LogP contribution is -1.91. The van der Waals surface area contributed by atoms with Gasteiger partial charge in [-0.3, -0.25) is 0 Å². The minimum Gasteiger partial charge on any atom is -0.455 e. The van der Waals surface area contributed by atoms with Gasteiger partial charge < -0.3 is 4.42 Å². The van der Waals surface area contributed by atoms with Crippen LogP contribution < -0.4 is 0 Å². The van der Waals surface area contributed by atoms with Crippen molar-refractivity contribution in [1.82, 2.24) is 0 Å². The molecule has 0 unspecified atom stereocenters. The van der Waals surface area contributed by atoms with Gasteiger partial charge in [0.1, 0.15) is 11.2 Å². The van der Waals surface area contributed by atoms with Crippen LogP contribution in [-0.4, -0.2) is 0 Å². The van der Waals surface area contributed by atoms with E-state index in [-0.39, 0.29) is 62.4 Å². The van der Waals surface area contributed by atoms with Gasteiger partial charge in [0, 0.05) is 16.2 Å². The van der Waals surface area contributed by atoms with Crippen LogP contribution in [0, 0.1) is 0 Å². The summed E-state index contributed by atoms with van der Waals surface area (Å²) in [5, 5.41) is 6.67. The van der Waals surface area contributed by atoms with E-state index in [1.165, 1.54) is 5.39 Å². The highest BCUT2D eigenvalue weighted by molar-refractivity contribution is 6.24. The summed E-state index contributed by atoms with van der Waals surface area (Å²) in [5.74, 6) is 0. The van der Waals surface area contributed by atoms with Gasteiger partial charge in [-0.25, -0.2) is 0 Å². The van der Waals surface area contributed by atoms with Crippen molar-refractivity contribution in [2.45, 2.75) is 0 Å². The third-order valence-corrected chi connectivity index (χ3v) is 9.20. The Hall–Kier alpha value is -6.18. The summed E-state index contributed by atoms with van der Waals surface area (Å²) in [6.45, 7) is 0. The molecule has 0 fully saturated rings. The SMILES string of the molecule is [2H]c1c([2H])c(-c2ccc(-c3c4ccccc4c(-c4cccc5ccccc45)c4ccccc34)cc2)c2c(oc3c4c([2H])c([2H])c([2H])c([2H])c4c([2H])c([2H])c32)c1[2H]. The fraction of sp³-hybridized carbons (Fsp3) is 0. The Morgan fingerprint density at radius 1 is 0.383 bits per heavy atom. The molecule has 10 rings (SSSR count). The van der Waals surface area contributed by atoms with Crippen molar-refractivity contribution in [3.63, 3.8) is 0 Å². The van der Waals surface area contributed by atoms with E-state index in [1.807, 2.05) is 36.4 Å².